The van der Waals surface area contributed by atoms with Crippen LogP contribution in [-0.2, 0) is 26.9 Å². The molecule has 1 aromatic heterocycles. The summed E-state index contributed by atoms with van der Waals surface area (Å²) < 4.78 is 13.1. The van der Waals surface area contributed by atoms with Gasteiger partial charge in [0.1, 0.15) is 18.4 Å². The van der Waals surface area contributed by atoms with E-state index in [2.05, 4.69) is 15.5 Å². The summed E-state index contributed by atoms with van der Waals surface area (Å²) in [5.41, 5.74) is 0.155. The van der Waals surface area contributed by atoms with Crippen LogP contribution in [0.25, 0.3) is 0 Å². The van der Waals surface area contributed by atoms with E-state index >= 15 is 0 Å². The van der Waals surface area contributed by atoms with Crippen molar-refractivity contribution in [2.45, 2.75) is 31.1 Å². The first-order valence-corrected chi connectivity index (χ1v) is 8.83. The van der Waals surface area contributed by atoms with Crippen LogP contribution in [0.15, 0.2) is 35.7 Å². The van der Waals surface area contributed by atoms with Crippen molar-refractivity contribution in [2.75, 3.05) is 16.5 Å². The molecule has 1 aromatic carbocycles. The number of nitrogens with one attached hydrogen (secondary N) is 1. The van der Waals surface area contributed by atoms with Crippen molar-refractivity contribution in [3.05, 3.63) is 30.6 Å². The molecule has 1 aliphatic rings. The number of hydrogen-bond acceptors (Lipinski definition) is 5. The van der Waals surface area contributed by atoms with Gasteiger partial charge in [0.05, 0.1) is 22.2 Å². The van der Waals surface area contributed by atoms with Gasteiger partial charge in [-0.25, -0.2) is 0 Å². The molecule has 0 radical (unpaired) electrons. The molecule has 0 bridgehead atoms. The Morgan fingerprint density at radius 3 is 2.75 bits per heavy atom. The number of hydrogen-bond donors (Lipinski definition) is 1. The second kappa shape index (κ2) is 5.82. The van der Waals surface area contributed by atoms with E-state index in [0.717, 1.165) is 0 Å². The zero-order valence-electron chi connectivity index (χ0n) is 13.5. The Hall–Kier alpha value is -2.55. The number of fused-ring (bicyclic) bond motifs is 1. The topological polar surface area (TPSA) is 97.2 Å². The van der Waals surface area contributed by atoms with Crippen LogP contribution in [0.3, 0.4) is 0 Å². The molecule has 0 saturated carbocycles. The summed E-state index contributed by atoms with van der Waals surface area (Å²) in [4.78, 5) is 26.8. The maximum atomic E-state index is 12.9. The van der Waals surface area contributed by atoms with Crippen molar-refractivity contribution in [3.8, 4) is 0 Å². The van der Waals surface area contributed by atoms with Crippen molar-refractivity contribution >= 4 is 34.0 Å². The average Bonchev–Trinajstić information content (AvgIpc) is 2.96. The highest BCUT2D eigenvalue weighted by Crippen LogP contribution is 2.36. The summed E-state index contributed by atoms with van der Waals surface area (Å²) >= 11 is 0. The Balaban J connectivity index is 2.00. The van der Waals surface area contributed by atoms with E-state index in [1.54, 1.807) is 38.1 Å². The molecule has 2 heterocycles. The molecule has 8 nitrogen and oxygen atoms in total. The Morgan fingerprint density at radius 2 is 2.04 bits per heavy atom. The highest BCUT2D eigenvalue weighted by molar-refractivity contribution is 7.84. The lowest BCUT2D eigenvalue weighted by atomic mass is 9.96. The zero-order chi connectivity index (χ0) is 17.5. The van der Waals surface area contributed by atoms with Crippen LogP contribution >= 0.6 is 0 Å². The largest absolute Gasteiger partial charge is 0.322 e. The number of rotatable bonds is 3. The fourth-order valence-corrected chi connectivity index (χ4v) is 3.29. The van der Waals surface area contributed by atoms with Gasteiger partial charge in [-0.3, -0.25) is 23.3 Å². The van der Waals surface area contributed by atoms with Crippen molar-refractivity contribution in [2.24, 2.45) is 0 Å². The van der Waals surface area contributed by atoms with Gasteiger partial charge in [0.25, 0.3) is 0 Å². The van der Waals surface area contributed by atoms with Crippen LogP contribution in [-0.4, -0.2) is 42.6 Å². The summed E-state index contributed by atoms with van der Waals surface area (Å²) in [6, 6.07) is 7.11. The molecule has 1 N–H and O–H groups in total. The van der Waals surface area contributed by atoms with Crippen LogP contribution < -0.4 is 10.2 Å². The second-order valence-corrected chi connectivity index (χ2v) is 7.23. The Morgan fingerprint density at radius 1 is 1.33 bits per heavy atom. The molecule has 9 heteroatoms. The lowest BCUT2D eigenvalue weighted by Gasteiger charge is -2.42. The lowest BCUT2D eigenvalue weighted by molar-refractivity contribution is -0.126. The Bertz CT molecular complexity index is 845. The maximum absolute atomic E-state index is 12.9. The average molecular weight is 347 g/mol. The van der Waals surface area contributed by atoms with E-state index in [4.69, 9.17) is 0 Å². The van der Waals surface area contributed by atoms with Gasteiger partial charge >= 0.3 is 0 Å². The third-order valence-corrected chi connectivity index (χ3v) is 4.73. The van der Waals surface area contributed by atoms with Gasteiger partial charge in [-0.2, -0.15) is 0 Å². The molecule has 0 spiro atoms. The summed E-state index contributed by atoms with van der Waals surface area (Å²) in [6.45, 7) is 3.26. The molecule has 24 heavy (non-hydrogen) atoms. The monoisotopic (exact) mass is 347 g/mol. The molecule has 0 aliphatic carbocycles. The molecule has 1 aliphatic heterocycles. The van der Waals surface area contributed by atoms with E-state index in [1.807, 2.05) is 0 Å². The number of nitrogens with zero attached hydrogens (tertiary/aromatic N) is 4. The van der Waals surface area contributed by atoms with Gasteiger partial charge in [-0.15, -0.1) is 10.2 Å². The van der Waals surface area contributed by atoms with Crippen molar-refractivity contribution in [1.82, 2.24) is 14.8 Å². The number of benzene rings is 1. The first-order valence-electron chi connectivity index (χ1n) is 7.27. The molecule has 2 aromatic rings. The van der Waals surface area contributed by atoms with Gasteiger partial charge in [-0.1, -0.05) is 12.1 Å². The highest BCUT2D eigenvalue weighted by Gasteiger charge is 2.43. The van der Waals surface area contributed by atoms with Gasteiger partial charge in [0.2, 0.25) is 17.0 Å². The molecule has 2 amide bonds. The van der Waals surface area contributed by atoms with E-state index in [-0.39, 0.29) is 23.5 Å². The first kappa shape index (κ1) is 16.3. The third-order valence-electron chi connectivity index (χ3n) is 3.90. The normalized spacial score (nSPS) is 17.1. The number of para-hydroxylation sites is 2. The number of carbonyl (C=O) groups excluding carboxylic acids is 2. The quantitative estimate of drug-likeness (QED) is 0.885. The summed E-state index contributed by atoms with van der Waals surface area (Å²) in [5, 5.41) is 10.5. The zero-order valence-corrected chi connectivity index (χ0v) is 14.3. The fraction of sp³-hybridized carbons (Fsp3) is 0.333. The third kappa shape index (κ3) is 2.60. The minimum atomic E-state index is -1.36. The number of carbonyl (C=O) groups is 2. The molecule has 1 atom stereocenters. The number of anilines is 2. The predicted molar refractivity (Wildman–Crippen MR) is 89.0 cm³/mol. The van der Waals surface area contributed by atoms with Gasteiger partial charge in [0.15, 0.2) is 0 Å². The standard InChI is InChI=1S/C15H17N5O3S/c1-15(2)13(22)17-10-6-4-5-7-11(10)20(15)12(21)8-19-9-16-18-14(19)24(3)23/h4-7,9H,8H2,1-3H3,(H,17,22). The SMILES string of the molecule is CS(=O)c1nncn1CC(=O)N1c2ccccc2NC(=O)C1(C)C. The number of aromatic nitrogens is 3. The lowest BCUT2D eigenvalue weighted by Crippen LogP contribution is -2.59. The summed E-state index contributed by atoms with van der Waals surface area (Å²) in [6.07, 6.45) is 2.83. The highest BCUT2D eigenvalue weighted by atomic mass is 32.2. The minimum Gasteiger partial charge on any atom is -0.322 e. The summed E-state index contributed by atoms with van der Waals surface area (Å²) in [7, 11) is -1.36. The molecular formula is C15H17N5O3S. The number of amides is 2. The smallest absolute Gasteiger partial charge is 0.250 e. The van der Waals surface area contributed by atoms with E-state index in [9.17, 15) is 13.8 Å². The van der Waals surface area contributed by atoms with E-state index < -0.39 is 16.3 Å². The predicted octanol–water partition coefficient (Wildman–Crippen LogP) is 0.779. The van der Waals surface area contributed by atoms with Crippen LogP contribution in [0.1, 0.15) is 13.8 Å². The molecule has 0 saturated heterocycles. The Labute approximate surface area is 141 Å². The fourth-order valence-electron chi connectivity index (χ4n) is 2.69. The van der Waals surface area contributed by atoms with E-state index in [0.29, 0.717) is 11.4 Å². The molecule has 0 fully saturated rings. The molecule has 3 rings (SSSR count). The van der Waals surface area contributed by atoms with Crippen LogP contribution in [0.5, 0.6) is 0 Å². The Kier molecular flexibility index (Phi) is 3.96. The molecule has 126 valence electrons. The van der Waals surface area contributed by atoms with Gasteiger partial charge in [0, 0.05) is 6.26 Å². The summed E-state index contributed by atoms with van der Waals surface area (Å²) in [5.74, 6) is -0.577. The van der Waals surface area contributed by atoms with Gasteiger partial charge < -0.3 is 5.32 Å². The first-order chi connectivity index (χ1) is 11.3. The minimum absolute atomic E-state index is 0.104. The van der Waals surface area contributed by atoms with Crippen molar-refractivity contribution in [3.63, 3.8) is 0 Å². The molecular weight excluding hydrogens is 330 g/mol. The maximum Gasteiger partial charge on any atom is 0.250 e. The van der Waals surface area contributed by atoms with Crippen molar-refractivity contribution in [1.29, 1.82) is 0 Å². The van der Waals surface area contributed by atoms with Gasteiger partial charge in [-0.05, 0) is 26.0 Å². The van der Waals surface area contributed by atoms with Crippen LogP contribution in [0.2, 0.25) is 0 Å². The van der Waals surface area contributed by atoms with Crippen LogP contribution in [0.4, 0.5) is 11.4 Å². The molecule has 1 unspecified atom stereocenters. The van der Waals surface area contributed by atoms with E-state index in [1.165, 1.54) is 22.1 Å². The van der Waals surface area contributed by atoms with Crippen molar-refractivity contribution < 1.29 is 13.8 Å². The second-order valence-electron chi connectivity index (χ2n) is 5.95. The van der Waals surface area contributed by atoms with Crippen LogP contribution in [0, 0.1) is 0 Å².